The molecule has 2 aromatic rings. The Morgan fingerprint density at radius 2 is 1.94 bits per heavy atom. The molecule has 33 heavy (non-hydrogen) atoms. The van der Waals surface area contributed by atoms with Crippen LogP contribution in [0.1, 0.15) is 68.7 Å². The van der Waals surface area contributed by atoms with E-state index in [1.165, 1.54) is 42.5 Å². The number of rotatable bonds is 5. The minimum Gasteiger partial charge on any atom is -0.450 e. The van der Waals surface area contributed by atoms with Crippen LogP contribution in [0.15, 0.2) is 11.1 Å². The molecule has 1 amide bonds. The average Bonchev–Trinajstić information content (AvgIpc) is 3.21. The smallest absolute Gasteiger partial charge is 0.409 e. The van der Waals surface area contributed by atoms with Gasteiger partial charge in [0, 0.05) is 36.6 Å². The predicted molar refractivity (Wildman–Crippen MR) is 131 cm³/mol. The number of carbonyl (C=O) groups excluding carboxylic acids is 1. The van der Waals surface area contributed by atoms with Gasteiger partial charge in [0.25, 0.3) is 5.56 Å². The summed E-state index contributed by atoms with van der Waals surface area (Å²) in [7, 11) is 0. The summed E-state index contributed by atoms with van der Waals surface area (Å²) in [5, 5.41) is 4.72. The van der Waals surface area contributed by atoms with Crippen molar-refractivity contribution in [1.82, 2.24) is 19.8 Å². The fourth-order valence-corrected chi connectivity index (χ4v) is 7.16. The van der Waals surface area contributed by atoms with Crippen molar-refractivity contribution in [2.45, 2.75) is 89.8 Å². The van der Waals surface area contributed by atoms with Crippen LogP contribution in [-0.2, 0) is 24.1 Å². The van der Waals surface area contributed by atoms with Gasteiger partial charge in [0.15, 0.2) is 0 Å². The molecule has 3 aliphatic rings. The van der Waals surface area contributed by atoms with E-state index >= 15 is 0 Å². The Hall–Kier alpha value is -1.93. The zero-order chi connectivity index (χ0) is 22.8. The molecule has 0 radical (unpaired) electrons. The second-order valence-electron chi connectivity index (χ2n) is 9.96. The molecule has 2 aromatic heterocycles. The van der Waals surface area contributed by atoms with Crippen molar-refractivity contribution in [1.29, 1.82) is 0 Å². The molecule has 5 rings (SSSR count). The highest BCUT2D eigenvalue weighted by Gasteiger charge is 2.29. The Bertz CT molecular complexity index is 1030. The third-order valence-electron chi connectivity index (χ3n) is 7.71. The zero-order valence-electron chi connectivity index (χ0n) is 19.7. The standard InChI is InChI=1S/C25H36N4O3S/c1-2-32-25(31)28-12-10-18(11-13-28)27-19-8-9-20-21(14-19)33-23-22(20)24(30)29(16-26-23)15-17-6-4-3-5-7-17/h16-19,27H,2-15H2,1H3. The second-order valence-corrected chi connectivity index (χ2v) is 11.0. The van der Waals surface area contributed by atoms with E-state index in [1.807, 2.05) is 16.4 Å². The summed E-state index contributed by atoms with van der Waals surface area (Å²) in [4.78, 5) is 34.0. The molecule has 1 saturated heterocycles. The van der Waals surface area contributed by atoms with Crippen molar-refractivity contribution < 1.29 is 9.53 Å². The Kier molecular flexibility index (Phi) is 7.02. The monoisotopic (exact) mass is 472 g/mol. The first kappa shape index (κ1) is 22.8. The molecule has 1 unspecified atom stereocenters. The molecule has 2 fully saturated rings. The Balaban J connectivity index is 1.23. The van der Waals surface area contributed by atoms with Crippen LogP contribution in [0.4, 0.5) is 4.79 Å². The molecule has 0 spiro atoms. The summed E-state index contributed by atoms with van der Waals surface area (Å²) in [5.41, 5.74) is 1.42. The number of ether oxygens (including phenoxy) is 1. The molecular weight excluding hydrogens is 436 g/mol. The molecule has 180 valence electrons. The normalized spacial score (nSPS) is 22.5. The van der Waals surface area contributed by atoms with Crippen LogP contribution in [0.3, 0.4) is 0 Å². The summed E-state index contributed by atoms with van der Waals surface area (Å²) in [6.45, 7) is 4.60. The minimum atomic E-state index is -0.190. The van der Waals surface area contributed by atoms with Crippen molar-refractivity contribution >= 4 is 27.6 Å². The highest BCUT2D eigenvalue weighted by molar-refractivity contribution is 7.18. The fraction of sp³-hybridized carbons (Fsp3) is 0.720. The van der Waals surface area contributed by atoms with Gasteiger partial charge in [-0.1, -0.05) is 19.3 Å². The van der Waals surface area contributed by atoms with Gasteiger partial charge in [0.2, 0.25) is 0 Å². The number of amides is 1. The maximum atomic E-state index is 13.3. The van der Waals surface area contributed by atoms with Crippen molar-refractivity contribution in [3.05, 3.63) is 27.1 Å². The summed E-state index contributed by atoms with van der Waals surface area (Å²) in [6.07, 6.45) is 12.9. The van der Waals surface area contributed by atoms with E-state index in [9.17, 15) is 9.59 Å². The van der Waals surface area contributed by atoms with Crippen LogP contribution in [0.2, 0.25) is 0 Å². The van der Waals surface area contributed by atoms with Crippen LogP contribution in [0.25, 0.3) is 10.2 Å². The zero-order valence-corrected chi connectivity index (χ0v) is 20.5. The summed E-state index contributed by atoms with van der Waals surface area (Å²) >= 11 is 1.71. The maximum Gasteiger partial charge on any atom is 0.409 e. The van der Waals surface area contributed by atoms with Gasteiger partial charge in [-0.15, -0.1) is 11.3 Å². The highest BCUT2D eigenvalue weighted by atomic mass is 32.1. The molecule has 8 heteroatoms. The third kappa shape index (κ3) is 4.97. The van der Waals surface area contributed by atoms with E-state index in [0.29, 0.717) is 24.6 Å². The van der Waals surface area contributed by atoms with Gasteiger partial charge in [-0.05, 0) is 63.4 Å². The third-order valence-corrected chi connectivity index (χ3v) is 8.87. The number of hydrogen-bond acceptors (Lipinski definition) is 6. The van der Waals surface area contributed by atoms with Crippen molar-refractivity contribution in [2.24, 2.45) is 5.92 Å². The number of thiophene rings is 1. The summed E-state index contributed by atoms with van der Waals surface area (Å²) in [6, 6.07) is 0.858. The van der Waals surface area contributed by atoms with E-state index in [-0.39, 0.29) is 11.7 Å². The van der Waals surface area contributed by atoms with Crippen molar-refractivity contribution in [2.75, 3.05) is 19.7 Å². The number of fused-ring (bicyclic) bond motifs is 3. The number of likely N-dealkylation sites (tertiary alicyclic amines) is 1. The molecular formula is C25H36N4O3S. The topological polar surface area (TPSA) is 76.5 Å². The lowest BCUT2D eigenvalue weighted by Gasteiger charge is -2.35. The highest BCUT2D eigenvalue weighted by Crippen LogP contribution is 2.34. The van der Waals surface area contributed by atoms with Crippen LogP contribution in [0, 0.1) is 5.92 Å². The first-order chi connectivity index (χ1) is 16.1. The molecule has 1 aliphatic heterocycles. The molecule has 1 saturated carbocycles. The van der Waals surface area contributed by atoms with E-state index in [0.717, 1.165) is 62.0 Å². The van der Waals surface area contributed by atoms with Crippen LogP contribution in [0.5, 0.6) is 0 Å². The quantitative estimate of drug-likeness (QED) is 0.709. The molecule has 7 nitrogen and oxygen atoms in total. The first-order valence-electron chi connectivity index (χ1n) is 12.8. The number of aromatic nitrogens is 2. The summed E-state index contributed by atoms with van der Waals surface area (Å²) < 4.78 is 7.01. The van der Waals surface area contributed by atoms with E-state index in [4.69, 9.17) is 9.72 Å². The van der Waals surface area contributed by atoms with Gasteiger partial charge >= 0.3 is 6.09 Å². The first-order valence-corrected chi connectivity index (χ1v) is 13.6. The lowest BCUT2D eigenvalue weighted by atomic mass is 9.89. The van der Waals surface area contributed by atoms with Crippen molar-refractivity contribution in [3.8, 4) is 0 Å². The lowest BCUT2D eigenvalue weighted by molar-refractivity contribution is 0.0940. The second kappa shape index (κ2) is 10.1. The van der Waals surface area contributed by atoms with Gasteiger partial charge in [-0.2, -0.15) is 0 Å². The van der Waals surface area contributed by atoms with Crippen LogP contribution in [-0.4, -0.2) is 52.3 Å². The molecule has 0 bridgehead atoms. The molecule has 1 atom stereocenters. The Labute approximate surface area is 199 Å². The number of carbonyl (C=O) groups is 1. The SMILES string of the molecule is CCOC(=O)N1CCC(NC2CCc3c(sc4ncn(CC5CCCCC5)c(=O)c34)C2)CC1. The fourth-order valence-electron chi connectivity index (χ4n) is 5.90. The van der Waals surface area contributed by atoms with Gasteiger partial charge in [0.1, 0.15) is 4.83 Å². The summed E-state index contributed by atoms with van der Waals surface area (Å²) in [5.74, 6) is 0.619. The molecule has 3 heterocycles. The van der Waals surface area contributed by atoms with Gasteiger partial charge in [-0.3, -0.25) is 9.36 Å². The van der Waals surface area contributed by atoms with Crippen molar-refractivity contribution in [3.63, 3.8) is 0 Å². The van der Waals surface area contributed by atoms with Gasteiger partial charge in [0.05, 0.1) is 18.3 Å². The van der Waals surface area contributed by atoms with E-state index in [1.54, 1.807) is 17.7 Å². The number of hydrogen-bond donors (Lipinski definition) is 1. The number of piperidine rings is 1. The van der Waals surface area contributed by atoms with Gasteiger partial charge < -0.3 is 15.0 Å². The maximum absolute atomic E-state index is 13.3. The average molecular weight is 473 g/mol. The van der Waals surface area contributed by atoms with Crippen LogP contribution >= 0.6 is 11.3 Å². The van der Waals surface area contributed by atoms with Crippen LogP contribution < -0.4 is 10.9 Å². The molecule has 1 N–H and O–H groups in total. The largest absolute Gasteiger partial charge is 0.450 e. The Morgan fingerprint density at radius 1 is 1.15 bits per heavy atom. The number of nitrogens with zero attached hydrogens (tertiary/aromatic N) is 3. The van der Waals surface area contributed by atoms with E-state index in [2.05, 4.69) is 5.32 Å². The number of aryl methyl sites for hydroxylation is 1. The number of nitrogens with one attached hydrogen (secondary N) is 1. The van der Waals surface area contributed by atoms with E-state index < -0.39 is 0 Å². The Morgan fingerprint density at radius 3 is 2.70 bits per heavy atom. The minimum absolute atomic E-state index is 0.167. The lowest BCUT2D eigenvalue weighted by Crippen LogP contribution is -2.49. The predicted octanol–water partition coefficient (Wildman–Crippen LogP) is 4.11. The molecule has 2 aliphatic carbocycles. The molecule has 0 aromatic carbocycles. The van der Waals surface area contributed by atoms with Gasteiger partial charge in [-0.25, -0.2) is 9.78 Å².